The lowest BCUT2D eigenvalue weighted by Gasteiger charge is -2.15. The fourth-order valence-electron chi connectivity index (χ4n) is 1.70. The molecule has 1 amide bonds. The number of ether oxygens (including phenoxy) is 1. The number of carbonyl (C=O) groups excluding carboxylic acids is 1. The van der Waals surface area contributed by atoms with E-state index in [4.69, 9.17) is 10.00 Å². The molecule has 0 radical (unpaired) electrons. The molecule has 5 heteroatoms. The first-order valence-electron chi connectivity index (χ1n) is 6.63. The maximum absolute atomic E-state index is 11.5. The SMILES string of the molecule is Cc1cccc(CNC(C)C)c1OCC(=O)NCC#N. The van der Waals surface area contributed by atoms with Crippen LogP contribution >= 0.6 is 0 Å². The fourth-order valence-corrected chi connectivity index (χ4v) is 1.70. The minimum absolute atomic E-state index is 0.00225. The first-order valence-corrected chi connectivity index (χ1v) is 6.63. The van der Waals surface area contributed by atoms with Gasteiger partial charge in [0.05, 0.1) is 6.07 Å². The summed E-state index contributed by atoms with van der Waals surface area (Å²) in [7, 11) is 0. The Bertz CT molecular complexity index is 492. The van der Waals surface area contributed by atoms with E-state index in [0.29, 0.717) is 12.6 Å². The molecule has 2 N–H and O–H groups in total. The number of hydrogen-bond acceptors (Lipinski definition) is 4. The van der Waals surface area contributed by atoms with Crippen molar-refractivity contribution in [2.45, 2.75) is 33.4 Å². The normalized spacial score (nSPS) is 10.2. The molecular weight excluding hydrogens is 254 g/mol. The highest BCUT2D eigenvalue weighted by Gasteiger charge is 2.09. The minimum Gasteiger partial charge on any atom is -0.483 e. The Morgan fingerprint density at radius 2 is 2.20 bits per heavy atom. The summed E-state index contributed by atoms with van der Waals surface area (Å²) in [5, 5.41) is 14.2. The average molecular weight is 275 g/mol. The standard InChI is InChI=1S/C15H21N3O2/c1-11(2)18-9-13-6-4-5-12(3)15(13)20-10-14(19)17-8-7-16/h4-6,11,18H,8-10H2,1-3H3,(H,17,19). The number of nitriles is 1. The highest BCUT2D eigenvalue weighted by Crippen LogP contribution is 2.23. The minimum atomic E-state index is -0.294. The van der Waals surface area contributed by atoms with Crippen LogP contribution in [-0.4, -0.2) is 25.1 Å². The van der Waals surface area contributed by atoms with Gasteiger partial charge in [-0.2, -0.15) is 5.26 Å². The van der Waals surface area contributed by atoms with Gasteiger partial charge in [0.2, 0.25) is 0 Å². The van der Waals surface area contributed by atoms with Crippen molar-refractivity contribution in [1.29, 1.82) is 5.26 Å². The quantitative estimate of drug-likeness (QED) is 0.740. The highest BCUT2D eigenvalue weighted by molar-refractivity contribution is 5.77. The molecule has 0 saturated heterocycles. The molecule has 0 saturated carbocycles. The number of hydrogen-bond donors (Lipinski definition) is 2. The number of nitrogens with one attached hydrogen (secondary N) is 2. The van der Waals surface area contributed by atoms with Gasteiger partial charge in [-0.05, 0) is 12.5 Å². The largest absolute Gasteiger partial charge is 0.483 e. The number of amides is 1. The van der Waals surface area contributed by atoms with Gasteiger partial charge in [0.25, 0.3) is 5.91 Å². The van der Waals surface area contributed by atoms with Crippen molar-refractivity contribution in [1.82, 2.24) is 10.6 Å². The number of rotatable bonds is 7. The Morgan fingerprint density at radius 3 is 2.85 bits per heavy atom. The van der Waals surface area contributed by atoms with Crippen LogP contribution in [0.3, 0.4) is 0 Å². The third kappa shape index (κ3) is 5.29. The smallest absolute Gasteiger partial charge is 0.258 e. The second kappa shape index (κ2) is 8.18. The topological polar surface area (TPSA) is 74.2 Å². The predicted octanol–water partition coefficient (Wildman–Crippen LogP) is 1.51. The van der Waals surface area contributed by atoms with Crippen molar-refractivity contribution in [3.05, 3.63) is 29.3 Å². The molecule has 0 aromatic heterocycles. The van der Waals surface area contributed by atoms with E-state index in [9.17, 15) is 4.79 Å². The molecule has 1 aromatic rings. The zero-order valence-electron chi connectivity index (χ0n) is 12.2. The van der Waals surface area contributed by atoms with Crippen molar-refractivity contribution >= 4 is 5.91 Å². The lowest BCUT2D eigenvalue weighted by atomic mass is 10.1. The summed E-state index contributed by atoms with van der Waals surface area (Å²) in [5.41, 5.74) is 2.01. The third-order valence-electron chi connectivity index (χ3n) is 2.71. The van der Waals surface area contributed by atoms with E-state index in [1.807, 2.05) is 31.2 Å². The van der Waals surface area contributed by atoms with Gasteiger partial charge in [-0.1, -0.05) is 32.0 Å². The summed E-state index contributed by atoms with van der Waals surface area (Å²) < 4.78 is 5.60. The van der Waals surface area contributed by atoms with Gasteiger partial charge in [0.15, 0.2) is 6.61 Å². The van der Waals surface area contributed by atoms with Crippen LogP contribution in [0.5, 0.6) is 5.75 Å². The van der Waals surface area contributed by atoms with E-state index >= 15 is 0 Å². The molecule has 0 spiro atoms. The molecule has 5 nitrogen and oxygen atoms in total. The van der Waals surface area contributed by atoms with Gasteiger partial charge in [0, 0.05) is 18.2 Å². The third-order valence-corrected chi connectivity index (χ3v) is 2.71. The van der Waals surface area contributed by atoms with Crippen LogP contribution in [0.25, 0.3) is 0 Å². The number of para-hydroxylation sites is 1. The molecule has 0 unspecified atom stereocenters. The average Bonchev–Trinajstić information content (AvgIpc) is 2.41. The maximum Gasteiger partial charge on any atom is 0.258 e. The van der Waals surface area contributed by atoms with Crippen LogP contribution in [0, 0.1) is 18.3 Å². The van der Waals surface area contributed by atoms with Crippen molar-refractivity contribution < 1.29 is 9.53 Å². The Labute approximate surface area is 119 Å². The summed E-state index contributed by atoms with van der Waals surface area (Å²) >= 11 is 0. The molecule has 1 rings (SSSR count). The lowest BCUT2D eigenvalue weighted by Crippen LogP contribution is -2.29. The first-order chi connectivity index (χ1) is 9.54. The van der Waals surface area contributed by atoms with Crippen molar-refractivity contribution in [3.8, 4) is 11.8 Å². The first kappa shape index (κ1) is 16.0. The van der Waals surface area contributed by atoms with E-state index in [-0.39, 0.29) is 19.1 Å². The molecule has 0 heterocycles. The van der Waals surface area contributed by atoms with E-state index in [0.717, 1.165) is 16.9 Å². The zero-order valence-corrected chi connectivity index (χ0v) is 12.2. The van der Waals surface area contributed by atoms with Crippen LogP contribution in [-0.2, 0) is 11.3 Å². The van der Waals surface area contributed by atoms with Gasteiger partial charge in [-0.15, -0.1) is 0 Å². The van der Waals surface area contributed by atoms with E-state index in [1.165, 1.54) is 0 Å². The zero-order chi connectivity index (χ0) is 15.0. The van der Waals surface area contributed by atoms with Gasteiger partial charge in [-0.25, -0.2) is 0 Å². The molecule has 0 aliphatic rings. The highest BCUT2D eigenvalue weighted by atomic mass is 16.5. The van der Waals surface area contributed by atoms with Crippen LogP contribution in [0.15, 0.2) is 18.2 Å². The van der Waals surface area contributed by atoms with Crippen LogP contribution in [0.1, 0.15) is 25.0 Å². The van der Waals surface area contributed by atoms with Gasteiger partial charge in [-0.3, -0.25) is 4.79 Å². The van der Waals surface area contributed by atoms with Gasteiger partial charge in [0.1, 0.15) is 12.3 Å². The monoisotopic (exact) mass is 275 g/mol. The molecule has 0 fully saturated rings. The van der Waals surface area contributed by atoms with Crippen LogP contribution in [0.2, 0.25) is 0 Å². The second-order valence-corrected chi connectivity index (χ2v) is 4.82. The van der Waals surface area contributed by atoms with Crippen molar-refractivity contribution in [2.24, 2.45) is 0 Å². The number of nitrogens with zero attached hydrogens (tertiary/aromatic N) is 1. The summed E-state index contributed by atoms with van der Waals surface area (Å²) in [6.07, 6.45) is 0. The van der Waals surface area contributed by atoms with Crippen molar-refractivity contribution in [3.63, 3.8) is 0 Å². The predicted molar refractivity (Wildman–Crippen MR) is 77.3 cm³/mol. The van der Waals surface area contributed by atoms with Crippen molar-refractivity contribution in [2.75, 3.05) is 13.2 Å². The van der Waals surface area contributed by atoms with Crippen LogP contribution in [0.4, 0.5) is 0 Å². The Hall–Kier alpha value is -2.06. The fraction of sp³-hybridized carbons (Fsp3) is 0.467. The Morgan fingerprint density at radius 1 is 1.45 bits per heavy atom. The summed E-state index contributed by atoms with van der Waals surface area (Å²) in [4.78, 5) is 11.5. The molecule has 108 valence electrons. The van der Waals surface area contributed by atoms with Gasteiger partial charge < -0.3 is 15.4 Å². The molecule has 0 aliphatic carbocycles. The van der Waals surface area contributed by atoms with E-state index in [1.54, 1.807) is 0 Å². The second-order valence-electron chi connectivity index (χ2n) is 4.82. The summed E-state index contributed by atoms with van der Waals surface area (Å²) in [5.74, 6) is 0.435. The maximum atomic E-state index is 11.5. The molecule has 0 aliphatic heterocycles. The summed E-state index contributed by atoms with van der Waals surface area (Å²) in [6.45, 7) is 6.70. The number of carbonyl (C=O) groups is 1. The number of aryl methyl sites for hydroxylation is 1. The number of benzene rings is 1. The molecule has 0 atom stereocenters. The molecular formula is C15H21N3O2. The Balaban J connectivity index is 2.68. The van der Waals surface area contributed by atoms with Crippen LogP contribution < -0.4 is 15.4 Å². The van der Waals surface area contributed by atoms with Gasteiger partial charge >= 0.3 is 0 Å². The molecule has 0 bridgehead atoms. The molecule has 1 aromatic carbocycles. The molecule has 20 heavy (non-hydrogen) atoms. The summed E-state index contributed by atoms with van der Waals surface area (Å²) in [6, 6.07) is 8.12. The van der Waals surface area contributed by atoms with E-state index < -0.39 is 0 Å². The van der Waals surface area contributed by atoms with E-state index in [2.05, 4.69) is 24.5 Å². The lowest BCUT2D eigenvalue weighted by molar-refractivity contribution is -0.122. The Kier molecular flexibility index (Phi) is 6.54.